The van der Waals surface area contributed by atoms with Crippen LogP contribution in [0.25, 0.3) is 0 Å². The Morgan fingerprint density at radius 1 is 0.677 bits per heavy atom. The number of ether oxygens (including phenoxy) is 4. The third kappa shape index (κ3) is 28.9. The fourth-order valence-corrected chi connectivity index (χ4v) is 1.80. The van der Waals surface area contributed by atoms with E-state index in [0.717, 1.165) is 0 Å². The molecule has 0 fully saturated rings. The van der Waals surface area contributed by atoms with Gasteiger partial charge < -0.3 is 28.1 Å². The molecule has 0 unspecified atom stereocenters. The van der Waals surface area contributed by atoms with Crippen LogP contribution in [-0.2, 0) is 48.8 Å². The van der Waals surface area contributed by atoms with Crippen LogP contribution < -0.4 is 0 Å². The summed E-state index contributed by atoms with van der Waals surface area (Å²) < 4.78 is 79.6. The first-order chi connectivity index (χ1) is 13.7. The van der Waals surface area contributed by atoms with Crippen LogP contribution in [0.2, 0.25) is 0 Å². The number of carbonyl (C=O) groups is 2. The molecule has 0 aromatic rings. The number of hydrogen-bond donors (Lipinski definition) is 0. The van der Waals surface area contributed by atoms with Gasteiger partial charge in [0.1, 0.15) is 13.2 Å². The Bertz CT molecular complexity index is 708. The second kappa shape index (κ2) is 18.5. The molecule has 0 rings (SSSR count). The normalized spacial score (nSPS) is 10.7. The molecule has 0 bridgehead atoms. The van der Waals surface area contributed by atoms with E-state index >= 15 is 0 Å². The molecule has 176 valence electrons. The van der Waals surface area contributed by atoms with E-state index in [1.165, 1.54) is 13.8 Å². The van der Waals surface area contributed by atoms with Crippen molar-refractivity contribution in [1.82, 2.24) is 0 Å². The molecule has 0 saturated carbocycles. The Labute approximate surface area is 198 Å². The second-order valence-electron chi connectivity index (χ2n) is 5.58. The average Bonchev–Trinajstić information content (AvgIpc) is 2.59. The first-order valence-corrected chi connectivity index (χ1v) is 11.5. The molecule has 0 spiro atoms. The SMILES string of the molecule is C=C(C)C(=O)OCCOCCS(=O)(=O)[O-].C=C(C)C(=O)OCCOCCS(=O)(=O)[O-].[Mg+2]. The fourth-order valence-electron chi connectivity index (χ4n) is 1.16. The van der Waals surface area contributed by atoms with Crippen molar-refractivity contribution >= 4 is 55.2 Å². The summed E-state index contributed by atoms with van der Waals surface area (Å²) in [5, 5.41) is 0. The summed E-state index contributed by atoms with van der Waals surface area (Å²) in [6.07, 6.45) is 0. The molecule has 0 aliphatic carbocycles. The fraction of sp³-hybridized carbons (Fsp3) is 0.625. The maximum Gasteiger partial charge on any atom is 2.00 e. The third-order valence-corrected chi connectivity index (χ3v) is 3.91. The van der Waals surface area contributed by atoms with Gasteiger partial charge >= 0.3 is 35.0 Å². The Morgan fingerprint density at radius 2 is 0.968 bits per heavy atom. The minimum absolute atomic E-state index is 0. The van der Waals surface area contributed by atoms with Gasteiger partial charge in [-0.3, -0.25) is 0 Å². The van der Waals surface area contributed by atoms with Gasteiger partial charge in [-0.25, -0.2) is 26.4 Å². The molecule has 0 aromatic carbocycles. The zero-order valence-corrected chi connectivity index (χ0v) is 20.5. The smallest absolute Gasteiger partial charge is 0.748 e. The minimum Gasteiger partial charge on any atom is -0.748 e. The van der Waals surface area contributed by atoms with Gasteiger partial charge in [-0.05, 0) is 13.8 Å². The van der Waals surface area contributed by atoms with Gasteiger partial charge in [-0.15, -0.1) is 0 Å². The van der Waals surface area contributed by atoms with E-state index in [-0.39, 0.29) is 73.8 Å². The van der Waals surface area contributed by atoms with Crippen LogP contribution in [0.1, 0.15) is 13.8 Å². The van der Waals surface area contributed by atoms with Crippen molar-refractivity contribution in [3.8, 4) is 0 Å². The summed E-state index contributed by atoms with van der Waals surface area (Å²) in [6.45, 7) is 9.46. The maximum absolute atomic E-state index is 10.8. The van der Waals surface area contributed by atoms with Crippen LogP contribution in [0.15, 0.2) is 24.3 Å². The van der Waals surface area contributed by atoms with Gasteiger partial charge in [-0.1, -0.05) is 13.2 Å². The Hall–Kier alpha value is -1.07. The molecule has 15 heteroatoms. The van der Waals surface area contributed by atoms with E-state index in [4.69, 9.17) is 9.47 Å². The topological polar surface area (TPSA) is 185 Å². The number of carbonyl (C=O) groups excluding carboxylic acids is 2. The van der Waals surface area contributed by atoms with Crippen molar-refractivity contribution in [2.24, 2.45) is 0 Å². The van der Waals surface area contributed by atoms with Gasteiger partial charge in [0.25, 0.3) is 0 Å². The molecule has 0 saturated heterocycles. The Kier molecular flexibility index (Phi) is 20.6. The molecule has 0 aliphatic rings. The monoisotopic (exact) mass is 498 g/mol. The van der Waals surface area contributed by atoms with Gasteiger partial charge in [0, 0.05) is 11.1 Å². The van der Waals surface area contributed by atoms with Crippen molar-refractivity contribution in [2.45, 2.75) is 13.8 Å². The molecule has 31 heavy (non-hydrogen) atoms. The standard InChI is InChI=1S/2C8H14O6S.Mg/c2*1-7(2)8(9)14-4-3-13-5-6-15(10,11)12;/h2*1,3-6H2,2H3,(H,10,11,12);/q;;+2/p-2. The van der Waals surface area contributed by atoms with E-state index < -0.39 is 43.7 Å². The quantitative estimate of drug-likeness (QED) is 0.0931. The first kappa shape index (κ1) is 34.5. The molecule has 0 heterocycles. The zero-order chi connectivity index (χ0) is 23.8. The number of hydrogen-bond acceptors (Lipinski definition) is 12. The third-order valence-electron chi connectivity index (χ3n) is 2.57. The van der Waals surface area contributed by atoms with Gasteiger partial charge in [0.05, 0.1) is 58.2 Å². The Morgan fingerprint density at radius 3 is 1.19 bits per heavy atom. The zero-order valence-electron chi connectivity index (χ0n) is 17.5. The van der Waals surface area contributed by atoms with Crippen LogP contribution in [0.3, 0.4) is 0 Å². The summed E-state index contributed by atoms with van der Waals surface area (Å²) in [4.78, 5) is 21.6. The van der Waals surface area contributed by atoms with Crippen molar-refractivity contribution in [1.29, 1.82) is 0 Å². The van der Waals surface area contributed by atoms with E-state index in [1.807, 2.05) is 0 Å². The Balaban J connectivity index is -0.000000490. The van der Waals surface area contributed by atoms with E-state index in [0.29, 0.717) is 0 Å². The molecule has 0 amide bonds. The average molecular weight is 499 g/mol. The van der Waals surface area contributed by atoms with Crippen molar-refractivity contribution < 1.29 is 54.5 Å². The number of rotatable bonds is 14. The second-order valence-corrected chi connectivity index (χ2v) is 8.63. The molecule has 12 nitrogen and oxygen atoms in total. The molecular weight excluding hydrogens is 473 g/mol. The van der Waals surface area contributed by atoms with Crippen molar-refractivity contribution in [3.63, 3.8) is 0 Å². The summed E-state index contributed by atoms with van der Waals surface area (Å²) in [5.41, 5.74) is 0.550. The molecule has 0 atom stereocenters. The van der Waals surface area contributed by atoms with Gasteiger partial charge in [-0.2, -0.15) is 0 Å². The van der Waals surface area contributed by atoms with Crippen molar-refractivity contribution in [3.05, 3.63) is 24.3 Å². The summed E-state index contributed by atoms with van der Waals surface area (Å²) in [7, 11) is -8.48. The van der Waals surface area contributed by atoms with Gasteiger partial charge in [0.15, 0.2) is 0 Å². The van der Waals surface area contributed by atoms with Crippen LogP contribution in [0, 0.1) is 0 Å². The van der Waals surface area contributed by atoms with Crippen molar-refractivity contribution in [2.75, 3.05) is 51.1 Å². The first-order valence-electron chi connectivity index (χ1n) is 8.33. The summed E-state index contributed by atoms with van der Waals surface area (Å²) in [6, 6.07) is 0. The molecule has 0 aliphatic heterocycles. The summed E-state index contributed by atoms with van der Waals surface area (Å²) in [5.74, 6) is -2.23. The van der Waals surface area contributed by atoms with E-state index in [1.54, 1.807) is 0 Å². The summed E-state index contributed by atoms with van der Waals surface area (Å²) >= 11 is 0. The van der Waals surface area contributed by atoms with E-state index in [2.05, 4.69) is 22.6 Å². The van der Waals surface area contributed by atoms with Crippen LogP contribution >= 0.6 is 0 Å². The van der Waals surface area contributed by atoms with Crippen LogP contribution in [-0.4, -0.2) is 112 Å². The number of esters is 2. The molecule has 0 N–H and O–H groups in total. The predicted molar refractivity (Wildman–Crippen MR) is 108 cm³/mol. The van der Waals surface area contributed by atoms with Gasteiger partial charge in [0.2, 0.25) is 0 Å². The molecular formula is C16H26MgO12S2. The molecule has 0 radical (unpaired) electrons. The molecule has 0 aromatic heterocycles. The van der Waals surface area contributed by atoms with Crippen LogP contribution in [0.4, 0.5) is 0 Å². The van der Waals surface area contributed by atoms with Crippen LogP contribution in [0.5, 0.6) is 0 Å². The minimum atomic E-state index is -4.24. The largest absolute Gasteiger partial charge is 2.00 e. The van der Waals surface area contributed by atoms with E-state index in [9.17, 15) is 35.5 Å². The predicted octanol–water partition coefficient (Wildman–Crippen LogP) is -1.05. The maximum atomic E-state index is 10.8.